The van der Waals surface area contributed by atoms with Crippen LogP contribution in [0.25, 0.3) is 0 Å². The van der Waals surface area contributed by atoms with Crippen molar-refractivity contribution in [2.75, 3.05) is 17.6 Å². The summed E-state index contributed by atoms with van der Waals surface area (Å²) in [6.45, 7) is 4.70. The van der Waals surface area contributed by atoms with Gasteiger partial charge in [-0.1, -0.05) is 56.3 Å². The van der Waals surface area contributed by atoms with E-state index in [1.54, 1.807) is 0 Å². The largest absolute Gasteiger partial charge is 0.370 e. The van der Waals surface area contributed by atoms with Gasteiger partial charge in [0.05, 0.1) is 12.3 Å². The molecule has 0 saturated heterocycles. The average molecular weight is 389 g/mol. The lowest BCUT2D eigenvalue weighted by molar-refractivity contribution is 0.581. The molecule has 6 nitrogen and oxygen atoms in total. The summed E-state index contributed by atoms with van der Waals surface area (Å²) in [4.78, 5) is 4.10. The summed E-state index contributed by atoms with van der Waals surface area (Å²) in [5, 5.41) is 2.98. The predicted octanol–water partition coefficient (Wildman–Crippen LogP) is 3.05. The van der Waals surface area contributed by atoms with E-state index >= 15 is 0 Å². The zero-order valence-corrected chi connectivity index (χ0v) is 16.7. The van der Waals surface area contributed by atoms with Crippen molar-refractivity contribution in [1.82, 2.24) is 4.72 Å². The molecule has 7 heteroatoms. The first kappa shape index (κ1) is 20.9. The molecule has 0 heterocycles. The van der Waals surface area contributed by atoms with Gasteiger partial charge in [0.15, 0.2) is 5.96 Å². The third-order valence-electron chi connectivity index (χ3n) is 4.35. The van der Waals surface area contributed by atoms with Crippen molar-refractivity contribution < 1.29 is 8.42 Å². The number of nitrogens with one attached hydrogen (secondary N) is 2. The fourth-order valence-corrected chi connectivity index (χ4v) is 3.33. The van der Waals surface area contributed by atoms with Crippen molar-refractivity contribution in [1.29, 1.82) is 0 Å². The quantitative estimate of drug-likeness (QED) is 0.454. The summed E-state index contributed by atoms with van der Waals surface area (Å²) in [7, 11) is -3.41. The van der Waals surface area contributed by atoms with Gasteiger partial charge in [-0.05, 0) is 35.6 Å². The Bertz CT molecular complexity index is 834. The summed E-state index contributed by atoms with van der Waals surface area (Å²) in [6.07, 6.45) is 1.09. The van der Waals surface area contributed by atoms with Gasteiger partial charge >= 0.3 is 0 Å². The maximum atomic E-state index is 12.0. The molecular formula is C20H28N4O2S. The van der Waals surface area contributed by atoms with Crippen molar-refractivity contribution in [2.24, 2.45) is 10.7 Å². The van der Waals surface area contributed by atoms with Crippen LogP contribution in [0.3, 0.4) is 0 Å². The smallest absolute Gasteiger partial charge is 0.213 e. The van der Waals surface area contributed by atoms with Crippen LogP contribution in [0.15, 0.2) is 59.6 Å². The lowest BCUT2D eigenvalue weighted by Gasteiger charge is -2.11. The van der Waals surface area contributed by atoms with Gasteiger partial charge < -0.3 is 11.1 Å². The number of nitrogens with zero attached hydrogens (tertiary/aromatic N) is 1. The molecule has 0 fully saturated rings. The second kappa shape index (κ2) is 10.1. The number of aliphatic imine (C=N–C) groups is 1. The van der Waals surface area contributed by atoms with Crippen molar-refractivity contribution in [3.8, 4) is 0 Å². The highest BCUT2D eigenvalue weighted by atomic mass is 32.2. The van der Waals surface area contributed by atoms with Crippen LogP contribution < -0.4 is 15.8 Å². The average Bonchev–Trinajstić information content (AvgIpc) is 2.67. The molecule has 0 saturated carbocycles. The third kappa shape index (κ3) is 7.40. The first-order chi connectivity index (χ1) is 12.9. The van der Waals surface area contributed by atoms with Crippen LogP contribution in [0, 0.1) is 0 Å². The second-order valence-electron chi connectivity index (χ2n) is 6.45. The van der Waals surface area contributed by atoms with E-state index in [0.29, 0.717) is 5.92 Å². The Balaban J connectivity index is 1.80. The molecule has 0 amide bonds. The number of sulfonamides is 1. The zero-order valence-electron chi connectivity index (χ0n) is 15.9. The van der Waals surface area contributed by atoms with E-state index in [1.807, 2.05) is 42.5 Å². The summed E-state index contributed by atoms with van der Waals surface area (Å²) in [5.74, 6) is 0.595. The monoisotopic (exact) mass is 388 g/mol. The molecule has 0 aliphatic rings. The number of nitrogens with two attached hydrogens (primary N) is 1. The number of rotatable bonds is 9. The fourth-order valence-electron chi connectivity index (χ4n) is 2.47. The highest BCUT2D eigenvalue weighted by molar-refractivity contribution is 7.89. The molecule has 4 N–H and O–H groups in total. The molecule has 2 aromatic rings. The number of benzene rings is 2. The Hall–Kier alpha value is -2.38. The number of guanidine groups is 1. The maximum Gasteiger partial charge on any atom is 0.213 e. The zero-order chi connectivity index (χ0) is 19.7. The van der Waals surface area contributed by atoms with Crippen LogP contribution >= 0.6 is 0 Å². The molecule has 0 aromatic heterocycles. The van der Waals surface area contributed by atoms with Gasteiger partial charge in [0.25, 0.3) is 0 Å². The van der Waals surface area contributed by atoms with Crippen LogP contribution in [0.2, 0.25) is 0 Å². The highest BCUT2D eigenvalue weighted by Crippen LogP contribution is 2.20. The van der Waals surface area contributed by atoms with Gasteiger partial charge in [0.2, 0.25) is 10.0 Å². The minimum Gasteiger partial charge on any atom is -0.370 e. The SMILES string of the molecule is CCC(C)c1ccc(NC(N)=NCCS(=O)(=O)NCc2ccccc2)cc1. The van der Waals surface area contributed by atoms with Crippen LogP contribution in [0.4, 0.5) is 5.69 Å². The van der Waals surface area contributed by atoms with Gasteiger partial charge in [-0.2, -0.15) is 0 Å². The van der Waals surface area contributed by atoms with Crippen LogP contribution in [0.1, 0.15) is 37.3 Å². The van der Waals surface area contributed by atoms with E-state index in [0.717, 1.165) is 17.7 Å². The normalized spacial score (nSPS) is 13.3. The first-order valence-electron chi connectivity index (χ1n) is 9.08. The number of hydrogen-bond acceptors (Lipinski definition) is 3. The fraction of sp³-hybridized carbons (Fsp3) is 0.350. The van der Waals surface area contributed by atoms with Crippen LogP contribution in [-0.2, 0) is 16.6 Å². The Morgan fingerprint density at radius 1 is 1.11 bits per heavy atom. The van der Waals surface area contributed by atoms with Crippen molar-refractivity contribution in [3.05, 3.63) is 65.7 Å². The molecule has 2 aromatic carbocycles. The number of anilines is 1. The Morgan fingerprint density at radius 3 is 2.41 bits per heavy atom. The van der Waals surface area contributed by atoms with Crippen LogP contribution in [0.5, 0.6) is 0 Å². The van der Waals surface area contributed by atoms with Gasteiger partial charge in [-0.15, -0.1) is 0 Å². The predicted molar refractivity (Wildman–Crippen MR) is 112 cm³/mol. The Kier molecular flexibility index (Phi) is 7.82. The van der Waals surface area contributed by atoms with E-state index in [-0.39, 0.29) is 24.8 Å². The van der Waals surface area contributed by atoms with Crippen molar-refractivity contribution >= 4 is 21.7 Å². The maximum absolute atomic E-state index is 12.0. The first-order valence-corrected chi connectivity index (χ1v) is 10.7. The van der Waals surface area contributed by atoms with E-state index in [9.17, 15) is 8.42 Å². The van der Waals surface area contributed by atoms with E-state index in [1.165, 1.54) is 5.56 Å². The van der Waals surface area contributed by atoms with Gasteiger partial charge in [-0.25, -0.2) is 13.1 Å². The van der Waals surface area contributed by atoms with E-state index < -0.39 is 10.0 Å². The molecule has 0 radical (unpaired) electrons. The number of hydrogen-bond donors (Lipinski definition) is 3. The Morgan fingerprint density at radius 2 is 1.78 bits per heavy atom. The molecule has 0 aliphatic heterocycles. The molecule has 0 spiro atoms. The lowest BCUT2D eigenvalue weighted by atomic mass is 9.99. The minimum atomic E-state index is -3.41. The van der Waals surface area contributed by atoms with Crippen molar-refractivity contribution in [3.63, 3.8) is 0 Å². The standard InChI is InChI=1S/C20H28N4O2S/c1-3-16(2)18-9-11-19(12-10-18)24-20(21)22-13-14-27(25,26)23-15-17-7-5-4-6-8-17/h4-12,16,23H,3,13-15H2,1-2H3,(H3,21,22,24). The lowest BCUT2D eigenvalue weighted by Crippen LogP contribution is -2.28. The van der Waals surface area contributed by atoms with Crippen LogP contribution in [-0.4, -0.2) is 26.7 Å². The van der Waals surface area contributed by atoms with E-state index in [2.05, 4.69) is 41.0 Å². The molecule has 1 unspecified atom stereocenters. The molecule has 1 atom stereocenters. The van der Waals surface area contributed by atoms with Gasteiger partial charge in [0, 0.05) is 12.2 Å². The minimum absolute atomic E-state index is 0.0912. The Labute approximate surface area is 162 Å². The highest BCUT2D eigenvalue weighted by Gasteiger charge is 2.09. The topological polar surface area (TPSA) is 96.6 Å². The van der Waals surface area contributed by atoms with E-state index in [4.69, 9.17) is 5.73 Å². The molecular weight excluding hydrogens is 360 g/mol. The second-order valence-corrected chi connectivity index (χ2v) is 8.38. The molecule has 0 aliphatic carbocycles. The molecule has 27 heavy (non-hydrogen) atoms. The summed E-state index contributed by atoms with van der Waals surface area (Å²) in [6, 6.07) is 17.4. The summed E-state index contributed by atoms with van der Waals surface area (Å²) >= 11 is 0. The summed E-state index contributed by atoms with van der Waals surface area (Å²) < 4.78 is 26.6. The van der Waals surface area contributed by atoms with Gasteiger partial charge in [0.1, 0.15) is 0 Å². The molecule has 2 rings (SSSR count). The van der Waals surface area contributed by atoms with Gasteiger partial charge in [-0.3, -0.25) is 4.99 Å². The summed E-state index contributed by atoms with van der Waals surface area (Å²) in [5.41, 5.74) is 8.86. The third-order valence-corrected chi connectivity index (χ3v) is 5.65. The van der Waals surface area contributed by atoms with Crippen molar-refractivity contribution in [2.45, 2.75) is 32.7 Å². The molecule has 0 bridgehead atoms. The molecule has 146 valence electrons.